The quantitative estimate of drug-likeness (QED) is 0.214. The summed E-state index contributed by atoms with van der Waals surface area (Å²) in [4.78, 5) is 20.0. The van der Waals surface area contributed by atoms with Crippen LogP contribution in [-0.4, -0.2) is 45.6 Å². The molecule has 1 N–H and O–H groups in total. The number of benzene rings is 2. The first-order valence-electron chi connectivity index (χ1n) is 15.8. The molecule has 1 unspecified atom stereocenters. The van der Waals surface area contributed by atoms with Crippen LogP contribution in [-0.2, 0) is 19.3 Å². The first kappa shape index (κ1) is 28.4. The van der Waals surface area contributed by atoms with Gasteiger partial charge in [0, 0.05) is 17.7 Å². The zero-order valence-corrected chi connectivity index (χ0v) is 25.5. The smallest absolute Gasteiger partial charge is 0.166 e. The van der Waals surface area contributed by atoms with E-state index in [-0.39, 0.29) is 11.8 Å². The molecule has 0 bridgehead atoms. The normalized spacial score (nSPS) is 17.4. The Morgan fingerprint density at radius 3 is 2.55 bits per heavy atom. The number of piperidine rings is 1. The molecule has 1 saturated heterocycles. The first-order chi connectivity index (χ1) is 20.5. The molecule has 6 rings (SSSR count). The summed E-state index contributed by atoms with van der Waals surface area (Å²) in [7, 11) is 2.23. The third-order valence-corrected chi connectivity index (χ3v) is 9.32. The molecule has 3 heterocycles. The molecule has 6 heteroatoms. The highest BCUT2D eigenvalue weighted by atomic mass is 16.1. The highest BCUT2D eigenvalue weighted by Gasteiger charge is 2.27. The van der Waals surface area contributed by atoms with Crippen LogP contribution in [0.4, 0.5) is 5.69 Å². The molecule has 2 aromatic carbocycles. The van der Waals surface area contributed by atoms with Crippen LogP contribution in [0.1, 0.15) is 96.7 Å². The van der Waals surface area contributed by atoms with Crippen molar-refractivity contribution in [3.63, 3.8) is 0 Å². The number of aryl methyl sites for hydroxylation is 2. The van der Waals surface area contributed by atoms with E-state index in [1.165, 1.54) is 48.3 Å². The van der Waals surface area contributed by atoms with E-state index in [0.717, 1.165) is 48.5 Å². The first-order valence-corrected chi connectivity index (χ1v) is 15.8. The maximum absolute atomic E-state index is 12.5. The number of nitrogens with one attached hydrogen (secondary N) is 1. The largest absolute Gasteiger partial charge is 0.378 e. The molecule has 42 heavy (non-hydrogen) atoms. The van der Waals surface area contributed by atoms with Crippen molar-refractivity contribution in [2.75, 3.05) is 25.5 Å². The van der Waals surface area contributed by atoms with E-state index < -0.39 is 0 Å². The third kappa shape index (κ3) is 5.40. The van der Waals surface area contributed by atoms with Gasteiger partial charge in [-0.3, -0.25) is 4.79 Å². The number of pyridine rings is 1. The van der Waals surface area contributed by atoms with Crippen molar-refractivity contribution in [1.82, 2.24) is 19.7 Å². The minimum absolute atomic E-state index is 0.120. The van der Waals surface area contributed by atoms with E-state index in [1.807, 2.05) is 23.7 Å². The molecule has 6 nitrogen and oxygen atoms in total. The second-order valence-electron chi connectivity index (χ2n) is 11.9. The second kappa shape index (κ2) is 12.2. The minimum Gasteiger partial charge on any atom is -0.378 e. The summed E-state index contributed by atoms with van der Waals surface area (Å²) in [6.07, 6.45) is 8.54. The molecule has 1 aliphatic carbocycles. The third-order valence-electron chi connectivity index (χ3n) is 9.32. The number of carbonyl (C=O) groups is 1. The Labute approximate surface area is 250 Å². The molecule has 1 aliphatic heterocycles. The SMILES string of the molecule is CCC(=O)c1cnn(-c2cccc(-c3cccc4c3C(Nc3ccc(C5CCN(C)CC5)c(CC)c3)CC4)n2)c1CC. The number of hydrogen-bond donors (Lipinski definition) is 1. The van der Waals surface area contributed by atoms with Gasteiger partial charge < -0.3 is 10.2 Å². The van der Waals surface area contributed by atoms with Crippen LogP contribution in [0.3, 0.4) is 0 Å². The summed E-state index contributed by atoms with van der Waals surface area (Å²) in [5.41, 5.74) is 10.7. The fraction of sp³-hybridized carbons (Fsp3) is 0.417. The summed E-state index contributed by atoms with van der Waals surface area (Å²) < 4.78 is 1.84. The lowest BCUT2D eigenvalue weighted by atomic mass is 9.85. The van der Waals surface area contributed by atoms with Gasteiger partial charge in [0.2, 0.25) is 0 Å². The molecular formula is C36H43N5O. The maximum Gasteiger partial charge on any atom is 0.166 e. The molecular weight excluding hydrogens is 518 g/mol. The lowest BCUT2D eigenvalue weighted by Gasteiger charge is -2.30. The molecule has 0 saturated carbocycles. The summed E-state index contributed by atoms with van der Waals surface area (Å²) in [5, 5.41) is 8.50. The van der Waals surface area contributed by atoms with E-state index in [2.05, 4.69) is 78.7 Å². The molecule has 1 fully saturated rings. The van der Waals surface area contributed by atoms with Gasteiger partial charge in [0.05, 0.1) is 29.2 Å². The predicted octanol–water partition coefficient (Wildman–Crippen LogP) is 7.56. The molecule has 218 valence electrons. The van der Waals surface area contributed by atoms with Gasteiger partial charge in [-0.05, 0) is 111 Å². The number of rotatable bonds is 9. The van der Waals surface area contributed by atoms with E-state index in [1.54, 1.807) is 11.8 Å². The van der Waals surface area contributed by atoms with Crippen molar-refractivity contribution < 1.29 is 4.79 Å². The number of fused-ring (bicyclic) bond motifs is 1. The lowest BCUT2D eigenvalue weighted by molar-refractivity contribution is 0.0987. The van der Waals surface area contributed by atoms with Crippen molar-refractivity contribution in [1.29, 1.82) is 0 Å². The average Bonchev–Trinajstić information content (AvgIpc) is 3.65. The molecule has 2 aliphatic rings. The van der Waals surface area contributed by atoms with Gasteiger partial charge >= 0.3 is 0 Å². The number of likely N-dealkylation sites (tertiary alicyclic amines) is 1. The highest BCUT2D eigenvalue weighted by Crippen LogP contribution is 2.41. The average molecular weight is 562 g/mol. The van der Waals surface area contributed by atoms with Crippen molar-refractivity contribution in [2.45, 2.75) is 77.7 Å². The minimum atomic E-state index is 0.120. The molecule has 4 aromatic rings. The fourth-order valence-electron chi connectivity index (χ4n) is 7.00. The number of carbonyl (C=O) groups excluding carboxylic acids is 1. The standard InChI is InChI=1S/C36H43N5O/c1-5-24-22-27(15-16-28(24)25-18-20-40(4)21-19-25)38-32-17-14-26-10-8-11-29(36(26)32)31-12-9-13-35(39-31)41-33(6-2)30(23-37-41)34(42)7-3/h8-13,15-16,22-23,25,32,38H,5-7,14,17-21H2,1-4H3. The van der Waals surface area contributed by atoms with Crippen LogP contribution in [0.5, 0.6) is 0 Å². The molecule has 2 aromatic heterocycles. The number of aromatic nitrogens is 3. The van der Waals surface area contributed by atoms with Gasteiger partial charge in [0.25, 0.3) is 0 Å². The van der Waals surface area contributed by atoms with Crippen molar-refractivity contribution in [3.05, 3.63) is 94.3 Å². The molecule has 1 atom stereocenters. The van der Waals surface area contributed by atoms with Crippen molar-refractivity contribution in [3.8, 4) is 17.1 Å². The Morgan fingerprint density at radius 1 is 0.976 bits per heavy atom. The Balaban J connectivity index is 1.30. The Hall–Kier alpha value is -3.77. The number of ketones is 1. The molecule has 0 spiro atoms. The van der Waals surface area contributed by atoms with Gasteiger partial charge in [0.15, 0.2) is 11.6 Å². The maximum atomic E-state index is 12.5. The summed E-state index contributed by atoms with van der Waals surface area (Å²) >= 11 is 0. The van der Waals surface area contributed by atoms with Gasteiger partial charge in [-0.1, -0.05) is 51.1 Å². The van der Waals surface area contributed by atoms with Crippen LogP contribution in [0.25, 0.3) is 17.1 Å². The van der Waals surface area contributed by atoms with E-state index in [0.29, 0.717) is 17.9 Å². The van der Waals surface area contributed by atoms with Gasteiger partial charge in [-0.25, -0.2) is 9.67 Å². The fourth-order valence-corrected chi connectivity index (χ4v) is 7.00. The number of Topliss-reactive ketones (excluding diaryl/α,β-unsaturated/α-hetero) is 1. The Morgan fingerprint density at radius 2 is 1.79 bits per heavy atom. The Kier molecular flexibility index (Phi) is 8.25. The molecule has 0 amide bonds. The topological polar surface area (TPSA) is 63.1 Å². The van der Waals surface area contributed by atoms with Crippen LogP contribution < -0.4 is 5.32 Å². The summed E-state index contributed by atoms with van der Waals surface area (Å²) in [6.45, 7) is 8.61. The van der Waals surface area contributed by atoms with Crippen LogP contribution in [0.15, 0.2) is 60.8 Å². The van der Waals surface area contributed by atoms with Crippen LogP contribution >= 0.6 is 0 Å². The van der Waals surface area contributed by atoms with Gasteiger partial charge in [-0.15, -0.1) is 0 Å². The van der Waals surface area contributed by atoms with E-state index >= 15 is 0 Å². The summed E-state index contributed by atoms with van der Waals surface area (Å²) in [6, 6.07) is 20.0. The van der Waals surface area contributed by atoms with Crippen molar-refractivity contribution in [2.24, 2.45) is 0 Å². The monoisotopic (exact) mass is 561 g/mol. The zero-order chi connectivity index (χ0) is 29.2. The van der Waals surface area contributed by atoms with E-state index in [9.17, 15) is 4.79 Å². The number of anilines is 1. The second-order valence-corrected chi connectivity index (χ2v) is 11.9. The summed E-state index contributed by atoms with van der Waals surface area (Å²) in [5.74, 6) is 1.54. The number of nitrogens with zero attached hydrogens (tertiary/aromatic N) is 4. The van der Waals surface area contributed by atoms with Crippen LogP contribution in [0, 0.1) is 0 Å². The van der Waals surface area contributed by atoms with Crippen molar-refractivity contribution >= 4 is 11.5 Å². The molecule has 0 radical (unpaired) electrons. The number of hydrogen-bond acceptors (Lipinski definition) is 5. The van der Waals surface area contributed by atoms with E-state index in [4.69, 9.17) is 4.98 Å². The predicted molar refractivity (Wildman–Crippen MR) is 171 cm³/mol. The Bertz CT molecular complexity index is 1580. The van der Waals surface area contributed by atoms with Crippen LogP contribution in [0.2, 0.25) is 0 Å². The zero-order valence-electron chi connectivity index (χ0n) is 25.5. The highest BCUT2D eigenvalue weighted by molar-refractivity contribution is 5.96. The van der Waals surface area contributed by atoms with Gasteiger partial charge in [-0.2, -0.15) is 5.10 Å². The lowest BCUT2D eigenvalue weighted by Crippen LogP contribution is -2.29. The van der Waals surface area contributed by atoms with Gasteiger partial charge in [0.1, 0.15) is 0 Å².